The molecule has 1 aliphatic carbocycles. The second-order valence-electron chi connectivity index (χ2n) is 7.69. The summed E-state index contributed by atoms with van der Waals surface area (Å²) in [6.45, 7) is 0.780. The summed E-state index contributed by atoms with van der Waals surface area (Å²) in [7, 11) is 3.13. The Balaban J connectivity index is 0.00000300. The number of nitrogens with zero attached hydrogens (tertiary/aromatic N) is 1. The van der Waals surface area contributed by atoms with Crippen LogP contribution in [0.4, 0.5) is 5.69 Å². The zero-order valence-corrected chi connectivity index (χ0v) is 18.0. The third-order valence-corrected chi connectivity index (χ3v) is 5.97. The van der Waals surface area contributed by atoms with Crippen molar-refractivity contribution in [2.75, 3.05) is 32.2 Å². The molecular weight excluding hydrogens is 394 g/mol. The van der Waals surface area contributed by atoms with Crippen LogP contribution in [0.15, 0.2) is 18.2 Å². The minimum absolute atomic E-state index is 0. The van der Waals surface area contributed by atoms with Gasteiger partial charge in [-0.05, 0) is 30.9 Å². The molecule has 3 N–H and O–H groups in total. The highest BCUT2D eigenvalue weighted by Crippen LogP contribution is 2.36. The first-order valence-corrected chi connectivity index (χ1v) is 10.1. The molecule has 29 heavy (non-hydrogen) atoms. The number of amides is 2. The summed E-state index contributed by atoms with van der Waals surface area (Å²) in [5, 5.41) is 3.12. The van der Waals surface area contributed by atoms with Gasteiger partial charge in [0.25, 0.3) is 0 Å². The van der Waals surface area contributed by atoms with Crippen LogP contribution in [0.25, 0.3) is 0 Å². The van der Waals surface area contributed by atoms with Crippen LogP contribution in [-0.4, -0.2) is 45.2 Å². The number of ether oxygens (including phenoxy) is 2. The fourth-order valence-corrected chi connectivity index (χ4v) is 4.33. The summed E-state index contributed by atoms with van der Waals surface area (Å²) >= 11 is 0. The summed E-state index contributed by atoms with van der Waals surface area (Å²) in [6.07, 6.45) is 6.08. The molecule has 2 fully saturated rings. The van der Waals surface area contributed by atoms with Crippen molar-refractivity contribution in [3.8, 4) is 11.5 Å². The summed E-state index contributed by atoms with van der Waals surface area (Å²) in [5.74, 6) is 1.11. The van der Waals surface area contributed by atoms with Gasteiger partial charge in [-0.15, -0.1) is 12.4 Å². The Morgan fingerprint density at radius 1 is 1.24 bits per heavy atom. The van der Waals surface area contributed by atoms with E-state index in [9.17, 15) is 9.59 Å². The van der Waals surface area contributed by atoms with Crippen LogP contribution >= 0.6 is 12.4 Å². The molecule has 0 bridgehead atoms. The van der Waals surface area contributed by atoms with Gasteiger partial charge < -0.3 is 25.4 Å². The SMILES string of the molecule is COc1ccc(N2CC(C(=O)NC(CN)C3CCCCC3)CC2=O)c(OC)c1.Cl. The first-order valence-electron chi connectivity index (χ1n) is 10.1. The first kappa shape index (κ1) is 23.3. The summed E-state index contributed by atoms with van der Waals surface area (Å²) in [4.78, 5) is 27.1. The fraction of sp³-hybridized carbons (Fsp3) is 0.619. The Morgan fingerprint density at radius 3 is 2.59 bits per heavy atom. The number of methoxy groups -OCH3 is 2. The Labute approximate surface area is 178 Å². The first-order chi connectivity index (χ1) is 13.6. The lowest BCUT2D eigenvalue weighted by atomic mass is 9.83. The third kappa shape index (κ3) is 5.34. The van der Waals surface area contributed by atoms with Gasteiger partial charge in [0.2, 0.25) is 11.8 Å². The molecule has 1 aromatic rings. The Hall–Kier alpha value is -1.99. The molecule has 0 aromatic heterocycles. The number of carbonyl (C=O) groups is 2. The van der Waals surface area contributed by atoms with E-state index in [2.05, 4.69) is 5.32 Å². The molecule has 1 aromatic carbocycles. The lowest BCUT2D eigenvalue weighted by Crippen LogP contribution is -2.48. The number of anilines is 1. The summed E-state index contributed by atoms with van der Waals surface area (Å²) in [6, 6.07) is 5.31. The molecule has 1 aliphatic heterocycles. The molecule has 8 heteroatoms. The number of hydrogen-bond donors (Lipinski definition) is 2. The number of nitrogens with two attached hydrogens (primary N) is 1. The van der Waals surface area contributed by atoms with Crippen molar-refractivity contribution in [1.29, 1.82) is 0 Å². The maximum absolute atomic E-state index is 12.8. The Bertz CT molecular complexity index is 709. The van der Waals surface area contributed by atoms with E-state index in [-0.39, 0.29) is 42.6 Å². The molecule has 2 aliphatic rings. The predicted octanol–water partition coefficient (Wildman–Crippen LogP) is 2.50. The van der Waals surface area contributed by atoms with Gasteiger partial charge in [-0.2, -0.15) is 0 Å². The van der Waals surface area contributed by atoms with Gasteiger partial charge in [-0.1, -0.05) is 19.3 Å². The standard InChI is InChI=1S/C21H31N3O4.ClH/c1-27-16-8-9-18(19(11-16)28-2)24-13-15(10-20(24)25)21(26)23-17(12-22)14-6-4-3-5-7-14;/h8-9,11,14-15,17H,3-7,10,12-13,22H2,1-2H3,(H,23,26);1H. The molecule has 1 saturated carbocycles. The topological polar surface area (TPSA) is 93.9 Å². The van der Waals surface area contributed by atoms with Gasteiger partial charge in [-0.25, -0.2) is 0 Å². The van der Waals surface area contributed by atoms with Crippen molar-refractivity contribution in [2.24, 2.45) is 17.6 Å². The van der Waals surface area contributed by atoms with E-state index in [0.717, 1.165) is 12.8 Å². The minimum atomic E-state index is -0.378. The molecule has 7 nitrogen and oxygen atoms in total. The van der Waals surface area contributed by atoms with Gasteiger partial charge in [0.1, 0.15) is 11.5 Å². The van der Waals surface area contributed by atoms with Crippen LogP contribution in [0.2, 0.25) is 0 Å². The van der Waals surface area contributed by atoms with Crippen LogP contribution in [0, 0.1) is 11.8 Å². The lowest BCUT2D eigenvalue weighted by molar-refractivity contribution is -0.127. The third-order valence-electron chi connectivity index (χ3n) is 5.97. The van der Waals surface area contributed by atoms with E-state index in [4.69, 9.17) is 15.2 Å². The van der Waals surface area contributed by atoms with Crippen molar-refractivity contribution in [3.63, 3.8) is 0 Å². The van der Waals surface area contributed by atoms with Crippen LogP contribution in [-0.2, 0) is 9.59 Å². The quantitative estimate of drug-likeness (QED) is 0.700. The fourth-order valence-electron chi connectivity index (χ4n) is 4.33. The van der Waals surface area contributed by atoms with Gasteiger partial charge in [0.15, 0.2) is 0 Å². The zero-order chi connectivity index (χ0) is 20.1. The molecular formula is C21H32ClN3O4. The molecule has 1 heterocycles. The molecule has 2 atom stereocenters. The highest BCUT2D eigenvalue weighted by molar-refractivity contribution is 6.01. The monoisotopic (exact) mass is 425 g/mol. The van der Waals surface area contributed by atoms with Crippen molar-refractivity contribution in [1.82, 2.24) is 5.32 Å². The zero-order valence-electron chi connectivity index (χ0n) is 17.2. The molecule has 2 unspecified atom stereocenters. The molecule has 1 saturated heterocycles. The van der Waals surface area contributed by atoms with E-state index in [1.165, 1.54) is 19.3 Å². The van der Waals surface area contributed by atoms with Crippen molar-refractivity contribution in [3.05, 3.63) is 18.2 Å². The average molecular weight is 426 g/mol. The Morgan fingerprint density at radius 2 is 1.97 bits per heavy atom. The average Bonchev–Trinajstić information content (AvgIpc) is 3.13. The van der Waals surface area contributed by atoms with Crippen LogP contribution < -0.4 is 25.4 Å². The van der Waals surface area contributed by atoms with Crippen molar-refractivity contribution in [2.45, 2.75) is 44.6 Å². The van der Waals surface area contributed by atoms with Gasteiger partial charge in [0.05, 0.1) is 25.8 Å². The smallest absolute Gasteiger partial charge is 0.227 e. The van der Waals surface area contributed by atoms with Crippen LogP contribution in [0.1, 0.15) is 38.5 Å². The lowest BCUT2D eigenvalue weighted by Gasteiger charge is -2.30. The van der Waals surface area contributed by atoms with Crippen molar-refractivity contribution < 1.29 is 19.1 Å². The minimum Gasteiger partial charge on any atom is -0.497 e. The number of benzene rings is 1. The normalized spacial score (nSPS) is 20.7. The summed E-state index contributed by atoms with van der Waals surface area (Å²) in [5.41, 5.74) is 6.60. The highest BCUT2D eigenvalue weighted by atomic mass is 35.5. The van der Waals surface area contributed by atoms with E-state index in [0.29, 0.717) is 36.2 Å². The number of rotatable bonds is 7. The number of halogens is 1. The highest BCUT2D eigenvalue weighted by Gasteiger charge is 2.37. The molecule has 2 amide bonds. The predicted molar refractivity (Wildman–Crippen MR) is 115 cm³/mol. The number of nitrogens with one attached hydrogen (secondary N) is 1. The maximum Gasteiger partial charge on any atom is 0.227 e. The van der Waals surface area contributed by atoms with Crippen LogP contribution in [0.3, 0.4) is 0 Å². The molecule has 0 radical (unpaired) electrons. The van der Waals surface area contributed by atoms with Gasteiger partial charge >= 0.3 is 0 Å². The van der Waals surface area contributed by atoms with E-state index in [1.54, 1.807) is 37.3 Å². The van der Waals surface area contributed by atoms with E-state index >= 15 is 0 Å². The molecule has 162 valence electrons. The van der Waals surface area contributed by atoms with E-state index in [1.807, 2.05) is 0 Å². The van der Waals surface area contributed by atoms with Gasteiger partial charge in [0, 0.05) is 31.6 Å². The maximum atomic E-state index is 12.8. The van der Waals surface area contributed by atoms with Crippen molar-refractivity contribution >= 4 is 29.9 Å². The largest absolute Gasteiger partial charge is 0.497 e. The second-order valence-corrected chi connectivity index (χ2v) is 7.69. The summed E-state index contributed by atoms with van der Waals surface area (Å²) < 4.78 is 10.6. The second kappa shape index (κ2) is 10.7. The number of hydrogen-bond acceptors (Lipinski definition) is 5. The van der Waals surface area contributed by atoms with Gasteiger partial charge in [-0.3, -0.25) is 9.59 Å². The van der Waals surface area contributed by atoms with E-state index < -0.39 is 0 Å². The Kier molecular flexibility index (Phi) is 8.59. The molecule has 3 rings (SSSR count). The van der Waals surface area contributed by atoms with Crippen LogP contribution in [0.5, 0.6) is 11.5 Å². The number of carbonyl (C=O) groups excluding carboxylic acids is 2. The molecule has 0 spiro atoms.